The van der Waals surface area contributed by atoms with Gasteiger partial charge in [-0.05, 0) is 60.2 Å². The van der Waals surface area contributed by atoms with Crippen LogP contribution in [0.15, 0.2) is 105 Å². The Morgan fingerprint density at radius 3 is 1.77 bits per heavy atom. The highest BCUT2D eigenvalue weighted by Gasteiger charge is 2.28. The van der Waals surface area contributed by atoms with Gasteiger partial charge in [0, 0.05) is 12.0 Å². The summed E-state index contributed by atoms with van der Waals surface area (Å²) in [7, 11) is -0.146. The third kappa shape index (κ3) is 3.58. The first kappa shape index (κ1) is 16.7. The summed E-state index contributed by atoms with van der Waals surface area (Å²) >= 11 is 0. The molecule has 0 atom stereocenters. The van der Waals surface area contributed by atoms with Gasteiger partial charge in [-0.3, -0.25) is 0 Å². The molecule has 2 nitrogen and oxygen atoms in total. The van der Waals surface area contributed by atoms with Crippen molar-refractivity contribution < 1.29 is 9.53 Å². The highest BCUT2D eigenvalue weighted by molar-refractivity contribution is 7.97. The maximum Gasteiger partial charge on any atom is 0.334 e. The first-order chi connectivity index (χ1) is 12.8. The lowest BCUT2D eigenvalue weighted by atomic mass is 10.1. The van der Waals surface area contributed by atoms with Gasteiger partial charge in [0.15, 0.2) is 14.7 Å². The molecule has 0 amide bonds. The van der Waals surface area contributed by atoms with Crippen LogP contribution in [0, 0.1) is 0 Å². The van der Waals surface area contributed by atoms with E-state index in [1.165, 1.54) is 14.7 Å². The van der Waals surface area contributed by atoms with Crippen LogP contribution in [0.3, 0.4) is 0 Å². The number of ether oxygens (including phenoxy) is 1. The lowest BCUT2D eigenvalue weighted by Crippen LogP contribution is -2.04. The summed E-state index contributed by atoms with van der Waals surface area (Å²) in [4.78, 5) is 15.5. The zero-order valence-electron chi connectivity index (χ0n) is 14.3. The summed E-state index contributed by atoms with van der Waals surface area (Å²) in [5, 5.41) is 0. The normalized spacial score (nSPS) is 15.4. The van der Waals surface area contributed by atoms with Gasteiger partial charge in [0.2, 0.25) is 0 Å². The Labute approximate surface area is 156 Å². The molecule has 4 rings (SSSR count). The molecule has 128 valence electrons. The monoisotopic (exact) mass is 359 g/mol. The molecule has 0 aliphatic carbocycles. The van der Waals surface area contributed by atoms with Crippen LogP contribution in [0.2, 0.25) is 0 Å². The molecular formula is C23H19O2S+. The summed E-state index contributed by atoms with van der Waals surface area (Å²) in [5.74, 6) is -0.192. The van der Waals surface area contributed by atoms with Crippen LogP contribution in [-0.2, 0) is 20.4 Å². The molecule has 0 unspecified atom stereocenters. The fraction of sp³-hybridized carbons (Fsp3) is 0.0870. The third-order valence-electron chi connectivity index (χ3n) is 4.28. The van der Waals surface area contributed by atoms with E-state index in [9.17, 15) is 4.79 Å². The third-order valence-corrected chi connectivity index (χ3v) is 6.51. The van der Waals surface area contributed by atoms with E-state index in [0.29, 0.717) is 13.0 Å². The predicted molar refractivity (Wildman–Crippen MR) is 105 cm³/mol. The Bertz CT molecular complexity index is 876. The van der Waals surface area contributed by atoms with Gasteiger partial charge >= 0.3 is 5.97 Å². The molecule has 1 fully saturated rings. The highest BCUT2D eigenvalue weighted by atomic mass is 32.2. The lowest BCUT2D eigenvalue weighted by molar-refractivity contribution is -0.134. The molecule has 1 saturated heterocycles. The van der Waals surface area contributed by atoms with Gasteiger partial charge in [-0.1, -0.05) is 36.4 Å². The van der Waals surface area contributed by atoms with Crippen molar-refractivity contribution in [2.75, 3.05) is 6.61 Å². The second kappa shape index (κ2) is 7.63. The van der Waals surface area contributed by atoms with Gasteiger partial charge in [-0.2, -0.15) is 0 Å². The highest BCUT2D eigenvalue weighted by Crippen LogP contribution is 2.31. The van der Waals surface area contributed by atoms with Gasteiger partial charge < -0.3 is 4.74 Å². The fourth-order valence-electron chi connectivity index (χ4n) is 3.00. The van der Waals surface area contributed by atoms with Crippen molar-refractivity contribution in [2.24, 2.45) is 0 Å². The van der Waals surface area contributed by atoms with Crippen molar-refractivity contribution in [2.45, 2.75) is 21.1 Å². The molecule has 0 spiro atoms. The van der Waals surface area contributed by atoms with Crippen LogP contribution in [-0.4, -0.2) is 12.6 Å². The van der Waals surface area contributed by atoms with Crippen molar-refractivity contribution in [1.82, 2.24) is 0 Å². The Balaban J connectivity index is 1.69. The topological polar surface area (TPSA) is 26.3 Å². The number of cyclic esters (lactones) is 1. The zero-order chi connectivity index (χ0) is 17.8. The van der Waals surface area contributed by atoms with Gasteiger partial charge in [0.25, 0.3) is 0 Å². The summed E-state index contributed by atoms with van der Waals surface area (Å²) in [5.41, 5.74) is 1.79. The molecule has 3 aromatic rings. The average molecular weight is 359 g/mol. The van der Waals surface area contributed by atoms with E-state index in [4.69, 9.17) is 4.74 Å². The quantitative estimate of drug-likeness (QED) is 0.367. The van der Waals surface area contributed by atoms with E-state index in [-0.39, 0.29) is 16.9 Å². The van der Waals surface area contributed by atoms with Gasteiger partial charge in [0.1, 0.15) is 0 Å². The van der Waals surface area contributed by atoms with Gasteiger partial charge in [0.05, 0.1) is 17.5 Å². The largest absolute Gasteiger partial charge is 0.462 e. The molecular weight excluding hydrogens is 340 g/mol. The summed E-state index contributed by atoms with van der Waals surface area (Å²) in [6, 6.07) is 29.7. The van der Waals surface area contributed by atoms with E-state index in [2.05, 4.69) is 72.8 Å². The van der Waals surface area contributed by atoms with Crippen molar-refractivity contribution in [3.8, 4) is 0 Å². The zero-order valence-corrected chi connectivity index (χ0v) is 15.1. The van der Waals surface area contributed by atoms with Crippen molar-refractivity contribution in [1.29, 1.82) is 0 Å². The first-order valence-corrected chi connectivity index (χ1v) is 9.86. The number of hydrogen-bond donors (Lipinski definition) is 0. The molecule has 0 radical (unpaired) electrons. The van der Waals surface area contributed by atoms with E-state index in [1.54, 1.807) is 0 Å². The van der Waals surface area contributed by atoms with Crippen LogP contribution < -0.4 is 0 Å². The van der Waals surface area contributed by atoms with Crippen LogP contribution in [0.1, 0.15) is 12.0 Å². The molecule has 1 aliphatic rings. The summed E-state index contributed by atoms with van der Waals surface area (Å²) in [6.45, 7) is 0.494. The van der Waals surface area contributed by atoms with Crippen molar-refractivity contribution >= 4 is 22.9 Å². The smallest absolute Gasteiger partial charge is 0.334 e. The SMILES string of the molecule is O=C1OCC/C1=C\c1ccc([S+](c2ccccc2)c2ccccc2)cc1. The Morgan fingerprint density at radius 2 is 1.27 bits per heavy atom. The number of rotatable bonds is 4. The van der Waals surface area contributed by atoms with E-state index in [0.717, 1.165) is 11.1 Å². The van der Waals surface area contributed by atoms with Gasteiger partial charge in [-0.15, -0.1) is 0 Å². The molecule has 26 heavy (non-hydrogen) atoms. The van der Waals surface area contributed by atoms with E-state index >= 15 is 0 Å². The van der Waals surface area contributed by atoms with Crippen molar-refractivity contribution in [3.05, 3.63) is 96.1 Å². The number of hydrogen-bond acceptors (Lipinski definition) is 2. The second-order valence-corrected chi connectivity index (χ2v) is 8.08. The second-order valence-electron chi connectivity index (χ2n) is 6.06. The Hall–Kier alpha value is -2.78. The van der Waals surface area contributed by atoms with E-state index in [1.807, 2.05) is 18.2 Å². The number of carbonyl (C=O) groups excluding carboxylic acids is 1. The standard InChI is InChI=1S/C23H19O2S/c24-23-19(15-16-25-23)17-18-11-13-22(14-12-18)26(20-7-3-1-4-8-20)21-9-5-2-6-10-21/h1-14,17H,15-16H2/q+1/b19-17+. The maximum atomic E-state index is 11.6. The molecule has 3 heteroatoms. The van der Waals surface area contributed by atoms with Gasteiger partial charge in [-0.25, -0.2) is 4.79 Å². The number of carbonyl (C=O) groups is 1. The van der Waals surface area contributed by atoms with E-state index < -0.39 is 0 Å². The first-order valence-electron chi connectivity index (χ1n) is 8.63. The minimum Gasteiger partial charge on any atom is -0.462 e. The van der Waals surface area contributed by atoms with Crippen LogP contribution in [0.25, 0.3) is 6.08 Å². The Morgan fingerprint density at radius 1 is 0.731 bits per heavy atom. The molecule has 1 aliphatic heterocycles. The van der Waals surface area contributed by atoms with Crippen LogP contribution in [0.4, 0.5) is 0 Å². The molecule has 0 N–H and O–H groups in total. The van der Waals surface area contributed by atoms with Crippen LogP contribution in [0.5, 0.6) is 0 Å². The number of benzene rings is 3. The van der Waals surface area contributed by atoms with Crippen LogP contribution >= 0.6 is 0 Å². The minimum absolute atomic E-state index is 0.146. The molecule has 1 heterocycles. The minimum atomic E-state index is -0.192. The summed E-state index contributed by atoms with van der Waals surface area (Å²) < 4.78 is 5.01. The summed E-state index contributed by atoms with van der Waals surface area (Å²) in [6.07, 6.45) is 2.63. The molecule has 0 saturated carbocycles. The molecule has 3 aromatic carbocycles. The molecule has 0 bridgehead atoms. The Kier molecular flexibility index (Phi) is 4.89. The van der Waals surface area contributed by atoms with Crippen molar-refractivity contribution in [3.63, 3.8) is 0 Å². The maximum absolute atomic E-state index is 11.6. The fourth-order valence-corrected chi connectivity index (χ4v) is 5.09. The molecule has 0 aromatic heterocycles. The average Bonchev–Trinajstić information content (AvgIpc) is 3.10. The predicted octanol–water partition coefficient (Wildman–Crippen LogP) is 5.11. The lowest BCUT2D eigenvalue weighted by Gasteiger charge is -2.08. The number of esters is 1.